The number of hydrogen-bond acceptors (Lipinski definition) is 5. The van der Waals surface area contributed by atoms with Crippen LogP contribution in [0.25, 0.3) is 0 Å². The Morgan fingerprint density at radius 2 is 2.04 bits per heavy atom. The van der Waals surface area contributed by atoms with Gasteiger partial charge in [-0.15, -0.1) is 0 Å². The van der Waals surface area contributed by atoms with Gasteiger partial charge in [-0.2, -0.15) is 4.74 Å². The number of nitrogens with zero attached hydrogens (tertiary/aromatic N) is 1. The summed E-state index contributed by atoms with van der Waals surface area (Å²) in [6, 6.07) is 2.57. The molecule has 0 unspecified atom stereocenters. The topological polar surface area (TPSA) is 101 Å². The van der Waals surface area contributed by atoms with Crippen molar-refractivity contribution in [1.29, 1.82) is 0 Å². The Hall–Kier alpha value is -2.32. The third-order valence-corrected chi connectivity index (χ3v) is 4.07. The molecule has 0 fully saturated rings. The molecule has 0 saturated heterocycles. The second-order valence-electron chi connectivity index (χ2n) is 5.09. The van der Waals surface area contributed by atoms with Crippen LogP contribution in [0.2, 0.25) is 10.0 Å². The first-order valence-electron chi connectivity index (χ1n) is 7.53. The molecule has 0 heterocycles. The van der Waals surface area contributed by atoms with Crippen molar-refractivity contribution in [2.75, 3.05) is 13.2 Å². The lowest BCUT2D eigenvalue weighted by Crippen LogP contribution is -2.70. The van der Waals surface area contributed by atoms with Crippen molar-refractivity contribution in [3.8, 4) is 0 Å². The molecule has 0 amide bonds. The molecule has 0 spiro atoms. The van der Waals surface area contributed by atoms with Gasteiger partial charge in [-0.1, -0.05) is 35.9 Å². The number of carbonyl (C=O) groups is 1. The third kappa shape index (κ3) is 4.44. The van der Waals surface area contributed by atoms with Crippen LogP contribution in [0.5, 0.6) is 0 Å². The normalized spacial score (nSPS) is 15.5. The van der Waals surface area contributed by atoms with Gasteiger partial charge in [-0.25, -0.2) is 4.79 Å². The number of hydrogen-bond donors (Lipinski definition) is 1. The smallest absolute Gasteiger partial charge is 0.344 e. The standard InChI is InChI=1S/C17H16Cl2N2O5/c1-3-25-16(22)9-26-15-6-4-5-10(2)17(15)21(24)14-8-12(19)11(18)7-13(14)20-23/h4-8H,2-3,9,20H2,1H3/b21-17-. The second-order valence-corrected chi connectivity index (χ2v) is 5.91. The van der Waals surface area contributed by atoms with Crippen LogP contribution >= 0.6 is 23.2 Å². The summed E-state index contributed by atoms with van der Waals surface area (Å²) >= 11 is 11.9. The van der Waals surface area contributed by atoms with Crippen molar-refractivity contribution in [2.45, 2.75) is 6.92 Å². The molecule has 1 aliphatic rings. The van der Waals surface area contributed by atoms with Crippen molar-refractivity contribution in [2.24, 2.45) is 0 Å². The molecule has 2 rings (SSSR count). The molecular formula is C17H16Cl2N2O5. The Morgan fingerprint density at radius 3 is 2.69 bits per heavy atom. The Labute approximate surface area is 160 Å². The average Bonchev–Trinajstić information content (AvgIpc) is 2.61. The van der Waals surface area contributed by atoms with Gasteiger partial charge in [0.1, 0.15) is 0 Å². The number of quaternary nitrogens is 1. The zero-order chi connectivity index (χ0) is 19.3. The minimum Gasteiger partial charge on any atom is -0.630 e. The van der Waals surface area contributed by atoms with E-state index in [1.165, 1.54) is 18.2 Å². The van der Waals surface area contributed by atoms with Crippen molar-refractivity contribution in [1.82, 2.24) is 0 Å². The molecule has 2 N–H and O–H groups in total. The summed E-state index contributed by atoms with van der Waals surface area (Å²) < 4.78 is 10.7. The highest BCUT2D eigenvalue weighted by atomic mass is 35.5. The van der Waals surface area contributed by atoms with Gasteiger partial charge in [0.05, 0.1) is 16.7 Å². The van der Waals surface area contributed by atoms with Crippen LogP contribution in [0.1, 0.15) is 6.92 Å². The van der Waals surface area contributed by atoms with Gasteiger partial charge >= 0.3 is 5.97 Å². The summed E-state index contributed by atoms with van der Waals surface area (Å²) in [5.74, 6) is -0.461. The van der Waals surface area contributed by atoms with Gasteiger partial charge in [-0.3, -0.25) is 0 Å². The highest BCUT2D eigenvalue weighted by molar-refractivity contribution is 6.42. The van der Waals surface area contributed by atoms with Crippen LogP contribution in [0, 0.1) is 10.4 Å². The van der Waals surface area contributed by atoms with E-state index in [2.05, 4.69) is 6.58 Å². The lowest BCUT2D eigenvalue weighted by Gasteiger charge is -2.17. The maximum atomic E-state index is 12.9. The highest BCUT2D eigenvalue weighted by Crippen LogP contribution is 2.33. The second kappa shape index (κ2) is 8.86. The van der Waals surface area contributed by atoms with Crippen LogP contribution in [0.4, 0.5) is 11.4 Å². The number of benzene rings is 1. The number of rotatable bonds is 6. The SMILES string of the molecule is C=C1C=CC=C(OCC(=O)OCC)/C1=[N+](\[O-])c1cc(Cl)c(Cl)cc1[NH2+][O-]. The van der Waals surface area contributed by atoms with Gasteiger partial charge < -0.3 is 25.4 Å². The van der Waals surface area contributed by atoms with E-state index in [0.717, 1.165) is 0 Å². The van der Waals surface area contributed by atoms with E-state index in [1.807, 2.05) is 0 Å². The number of allylic oxidation sites excluding steroid dienone is 4. The molecule has 1 aliphatic carbocycles. The molecule has 26 heavy (non-hydrogen) atoms. The number of halogens is 2. The molecule has 7 nitrogen and oxygen atoms in total. The predicted molar refractivity (Wildman–Crippen MR) is 98.7 cm³/mol. The molecular weight excluding hydrogens is 383 g/mol. The van der Waals surface area contributed by atoms with E-state index in [1.54, 1.807) is 19.1 Å². The van der Waals surface area contributed by atoms with Crippen LogP contribution in [0.15, 0.2) is 48.3 Å². The molecule has 138 valence electrons. The summed E-state index contributed by atoms with van der Waals surface area (Å²) in [6.45, 7) is 5.31. The number of esters is 1. The largest absolute Gasteiger partial charge is 0.630 e. The highest BCUT2D eigenvalue weighted by Gasteiger charge is 2.27. The minimum atomic E-state index is -0.575. The molecule has 0 atom stereocenters. The van der Waals surface area contributed by atoms with E-state index in [4.69, 9.17) is 32.7 Å². The predicted octanol–water partition coefficient (Wildman–Crippen LogP) is 2.86. The van der Waals surface area contributed by atoms with Gasteiger partial charge in [0.25, 0.3) is 11.4 Å². The van der Waals surface area contributed by atoms with Crippen molar-refractivity contribution in [3.63, 3.8) is 0 Å². The molecule has 0 bridgehead atoms. The van der Waals surface area contributed by atoms with Crippen molar-refractivity contribution < 1.29 is 24.5 Å². The van der Waals surface area contributed by atoms with E-state index in [-0.39, 0.29) is 46.1 Å². The maximum absolute atomic E-state index is 12.9. The maximum Gasteiger partial charge on any atom is 0.344 e. The van der Waals surface area contributed by atoms with E-state index in [0.29, 0.717) is 15.8 Å². The molecule has 0 aliphatic heterocycles. The van der Waals surface area contributed by atoms with Crippen LogP contribution < -0.4 is 5.48 Å². The zero-order valence-electron chi connectivity index (χ0n) is 13.8. The van der Waals surface area contributed by atoms with E-state index >= 15 is 0 Å². The van der Waals surface area contributed by atoms with Crippen LogP contribution in [-0.4, -0.2) is 29.6 Å². The first kappa shape index (κ1) is 20.0. The Kier molecular flexibility index (Phi) is 6.82. The fraction of sp³-hybridized carbons (Fsp3) is 0.176. The lowest BCUT2D eigenvalue weighted by atomic mass is 10.0. The Bertz CT molecular complexity index is 831. The molecule has 1 aromatic rings. The number of carbonyl (C=O) groups excluding carboxylic acids is 1. The fourth-order valence-electron chi connectivity index (χ4n) is 2.20. The van der Waals surface area contributed by atoms with Gasteiger partial charge in [0.15, 0.2) is 12.4 Å². The molecule has 9 heteroatoms. The lowest BCUT2D eigenvalue weighted by molar-refractivity contribution is -0.505. The summed E-state index contributed by atoms with van der Waals surface area (Å²) in [5.41, 5.74) is 0.899. The summed E-state index contributed by atoms with van der Waals surface area (Å²) in [7, 11) is 0. The van der Waals surface area contributed by atoms with Gasteiger partial charge in [0, 0.05) is 17.7 Å². The number of nitrogens with two attached hydrogens (primary N) is 1. The Balaban J connectivity index is 2.45. The zero-order valence-corrected chi connectivity index (χ0v) is 15.3. The first-order valence-corrected chi connectivity index (χ1v) is 8.29. The van der Waals surface area contributed by atoms with Crippen LogP contribution in [0.3, 0.4) is 0 Å². The molecule has 0 radical (unpaired) electrons. The molecule has 0 saturated carbocycles. The fourth-order valence-corrected chi connectivity index (χ4v) is 2.53. The summed E-state index contributed by atoms with van der Waals surface area (Å²) in [5, 5.41) is 24.5. The van der Waals surface area contributed by atoms with Gasteiger partial charge in [0.2, 0.25) is 5.69 Å². The third-order valence-electron chi connectivity index (χ3n) is 3.35. The van der Waals surface area contributed by atoms with Crippen molar-refractivity contribution in [3.05, 3.63) is 68.7 Å². The quantitative estimate of drug-likeness (QED) is 0.261. The summed E-state index contributed by atoms with van der Waals surface area (Å²) in [6.07, 6.45) is 4.72. The van der Waals surface area contributed by atoms with Crippen molar-refractivity contribution >= 4 is 46.3 Å². The van der Waals surface area contributed by atoms with Crippen LogP contribution in [-0.2, 0) is 14.3 Å². The monoisotopic (exact) mass is 398 g/mol. The number of ether oxygens (including phenoxy) is 2. The minimum absolute atomic E-state index is 0.0218. The van der Waals surface area contributed by atoms with E-state index in [9.17, 15) is 15.2 Å². The van der Waals surface area contributed by atoms with Gasteiger partial charge in [-0.05, 0) is 19.1 Å². The first-order chi connectivity index (χ1) is 12.4. The summed E-state index contributed by atoms with van der Waals surface area (Å²) in [4.78, 5) is 11.5. The molecule has 0 aromatic heterocycles. The average molecular weight is 399 g/mol. The molecule has 1 aromatic carbocycles. The van der Waals surface area contributed by atoms with E-state index < -0.39 is 5.97 Å². The Morgan fingerprint density at radius 1 is 1.35 bits per heavy atom.